The minimum absolute atomic E-state index is 0.0250. The highest BCUT2D eigenvalue weighted by molar-refractivity contribution is 6.74. The van der Waals surface area contributed by atoms with Gasteiger partial charge in [0.25, 0.3) is 0 Å². The van der Waals surface area contributed by atoms with E-state index in [1.54, 1.807) is 12.0 Å². The quantitative estimate of drug-likeness (QED) is 0.152. The highest BCUT2D eigenvalue weighted by Crippen LogP contribution is 2.42. The van der Waals surface area contributed by atoms with E-state index in [4.69, 9.17) is 23.3 Å². The molecule has 2 aliphatic rings. The van der Waals surface area contributed by atoms with E-state index in [0.717, 1.165) is 22.4 Å². The lowest BCUT2D eigenvalue weighted by atomic mass is 9.77. The van der Waals surface area contributed by atoms with Crippen molar-refractivity contribution in [2.45, 2.75) is 108 Å². The third-order valence-corrected chi connectivity index (χ3v) is 20.3. The number of hydrogen-bond acceptors (Lipinski definition) is 7. The minimum atomic E-state index is -2.15. The van der Waals surface area contributed by atoms with Crippen LogP contribution in [0, 0.1) is 0 Å². The van der Waals surface area contributed by atoms with Crippen molar-refractivity contribution in [3.05, 3.63) is 102 Å². The maximum atomic E-state index is 14.0. The van der Waals surface area contributed by atoms with E-state index < -0.39 is 28.4 Å². The first-order valence-corrected chi connectivity index (χ1v) is 23.8. The molecule has 3 aromatic carbocycles. The smallest absolute Gasteiger partial charge is 0.327 e. The molecule has 2 heterocycles. The lowest BCUT2D eigenvalue weighted by Gasteiger charge is -2.40. The Morgan fingerprint density at radius 1 is 0.824 bits per heavy atom. The first-order valence-electron chi connectivity index (χ1n) is 18.0. The van der Waals surface area contributed by atoms with Crippen LogP contribution in [0.4, 0.5) is 4.79 Å². The molecule has 1 saturated heterocycles. The zero-order valence-corrected chi connectivity index (χ0v) is 34.4. The fourth-order valence-corrected chi connectivity index (χ4v) is 8.43. The molecule has 2 N–H and O–H groups in total. The number of nitrogens with one attached hydrogen (secondary N) is 2. The molecule has 276 valence electrons. The van der Waals surface area contributed by atoms with Gasteiger partial charge in [-0.15, -0.1) is 0 Å². The fraction of sp³-hybridized carbons (Fsp3) is 0.500. The fourth-order valence-electron chi connectivity index (χ4n) is 6.06. The highest BCUT2D eigenvalue weighted by atomic mass is 28.4. The van der Waals surface area contributed by atoms with Crippen LogP contribution in [0.2, 0.25) is 36.3 Å². The summed E-state index contributed by atoms with van der Waals surface area (Å²) in [6, 6.07) is 28.1. The number of guanidine groups is 1. The Labute approximate surface area is 307 Å². The summed E-state index contributed by atoms with van der Waals surface area (Å²) in [5, 5.41) is 6.85. The Morgan fingerprint density at radius 3 is 1.84 bits per heavy atom. The first kappa shape index (κ1) is 38.7. The number of aliphatic imine (C=N–C) groups is 1. The third-order valence-electron chi connectivity index (χ3n) is 11.3. The molecule has 0 unspecified atom stereocenters. The minimum Gasteiger partial charge on any atom is -0.497 e. The highest BCUT2D eigenvalue weighted by Gasteiger charge is 2.48. The molecule has 3 aromatic rings. The zero-order chi connectivity index (χ0) is 37.2. The molecule has 3 atom stereocenters. The monoisotopic (exact) mass is 730 g/mol. The molecule has 2 amide bonds. The number of methoxy groups -OCH3 is 1. The molecule has 2 aliphatic heterocycles. The molecule has 0 bridgehead atoms. The van der Waals surface area contributed by atoms with Crippen molar-refractivity contribution in [3.63, 3.8) is 0 Å². The van der Waals surface area contributed by atoms with Crippen molar-refractivity contribution in [1.82, 2.24) is 15.5 Å². The summed E-state index contributed by atoms with van der Waals surface area (Å²) in [6.45, 7) is 23.0. The van der Waals surface area contributed by atoms with Gasteiger partial charge >= 0.3 is 6.03 Å². The van der Waals surface area contributed by atoms with Gasteiger partial charge in [0, 0.05) is 6.42 Å². The number of rotatable bonds is 11. The van der Waals surface area contributed by atoms with Gasteiger partial charge in [0.05, 0.1) is 19.8 Å². The number of amides is 2. The van der Waals surface area contributed by atoms with Crippen molar-refractivity contribution in [2.75, 3.05) is 20.4 Å². The Hall–Kier alpha value is -3.49. The summed E-state index contributed by atoms with van der Waals surface area (Å²) in [4.78, 5) is 20.6. The Morgan fingerprint density at radius 2 is 1.35 bits per heavy atom. The van der Waals surface area contributed by atoms with Gasteiger partial charge in [0.15, 0.2) is 16.6 Å². The van der Waals surface area contributed by atoms with Gasteiger partial charge in [-0.3, -0.25) is 10.2 Å². The number of carbonyl (C=O) groups excluding carboxylic acids is 1. The van der Waals surface area contributed by atoms with Crippen LogP contribution >= 0.6 is 0 Å². The van der Waals surface area contributed by atoms with E-state index in [9.17, 15) is 4.79 Å². The molecular weight excluding hydrogens is 673 g/mol. The number of urea groups is 1. The van der Waals surface area contributed by atoms with Gasteiger partial charge in [-0.2, -0.15) is 0 Å². The Balaban J connectivity index is 1.44. The maximum Gasteiger partial charge on any atom is 0.327 e. The number of ether oxygens (including phenoxy) is 2. The first-order chi connectivity index (χ1) is 23.9. The molecular formula is C40H58N4O5Si2. The molecule has 11 heteroatoms. The molecule has 0 spiro atoms. The second-order valence-corrected chi connectivity index (χ2v) is 26.3. The summed E-state index contributed by atoms with van der Waals surface area (Å²) in [5.41, 5.74) is 2.08. The normalized spacial score (nSPS) is 20.5. The molecule has 0 aliphatic carbocycles. The summed E-state index contributed by atoms with van der Waals surface area (Å²) in [7, 11) is -2.54. The van der Waals surface area contributed by atoms with Crippen LogP contribution in [0.5, 0.6) is 5.75 Å². The molecule has 0 saturated carbocycles. The Bertz CT molecular complexity index is 1610. The van der Waals surface area contributed by atoms with E-state index in [0.29, 0.717) is 19.0 Å². The van der Waals surface area contributed by atoms with Crippen LogP contribution in [0.15, 0.2) is 89.9 Å². The summed E-state index contributed by atoms with van der Waals surface area (Å²) < 4.78 is 25.8. The van der Waals surface area contributed by atoms with E-state index in [-0.39, 0.29) is 35.0 Å². The molecule has 1 fully saturated rings. The van der Waals surface area contributed by atoms with Gasteiger partial charge < -0.3 is 23.6 Å². The SMILES string of the molecule is COc1ccc(C(NC2=NCN([C@H]3C[C@H](O[Si](C)(C)C(C)(C)C)[C@@H](CO[Si](C)(C)C(C)(C)C)O3)C(=O)N2)(c2ccccc2)c2ccccc2)cc1. The molecule has 0 radical (unpaired) electrons. The molecule has 0 aromatic heterocycles. The summed E-state index contributed by atoms with van der Waals surface area (Å²) in [6.07, 6.45) is -0.454. The molecule has 9 nitrogen and oxygen atoms in total. The predicted octanol–water partition coefficient (Wildman–Crippen LogP) is 8.44. The number of benzene rings is 3. The van der Waals surface area contributed by atoms with Crippen LogP contribution in [-0.2, 0) is 19.1 Å². The van der Waals surface area contributed by atoms with E-state index in [2.05, 4.69) is 103 Å². The summed E-state index contributed by atoms with van der Waals surface area (Å²) in [5.74, 6) is 1.14. The largest absolute Gasteiger partial charge is 0.497 e. The topological polar surface area (TPSA) is 93.7 Å². The summed E-state index contributed by atoms with van der Waals surface area (Å²) >= 11 is 0. The van der Waals surface area contributed by atoms with Crippen molar-refractivity contribution in [3.8, 4) is 5.75 Å². The number of nitrogens with zero attached hydrogens (tertiary/aromatic N) is 2. The predicted molar refractivity (Wildman–Crippen MR) is 210 cm³/mol. The van der Waals surface area contributed by atoms with Crippen LogP contribution < -0.4 is 15.4 Å². The van der Waals surface area contributed by atoms with Gasteiger partial charge in [0.2, 0.25) is 5.96 Å². The van der Waals surface area contributed by atoms with E-state index in [1.165, 1.54) is 0 Å². The van der Waals surface area contributed by atoms with E-state index >= 15 is 0 Å². The molecule has 5 rings (SSSR count). The zero-order valence-electron chi connectivity index (χ0n) is 32.4. The average molecular weight is 731 g/mol. The standard InChI is InChI=1S/C40H58N4O5Si2/c1-38(2,3)50(8,9)47-27-34-33(49-51(10,11)39(4,5)6)26-35(48-34)44-28-41-36(42-37(44)45)43-40(29-18-14-12-15-19-29,30-20-16-13-17-21-30)31-22-24-32(46-7)25-23-31/h12-25,33-35H,26-28H2,1-11H3,(H2,41,42,43,45)/t33-,34+,35+/m0/s1. The van der Waals surface area contributed by atoms with Crippen molar-refractivity contribution in [1.29, 1.82) is 0 Å². The van der Waals surface area contributed by atoms with Gasteiger partial charge in [-0.05, 0) is 65.1 Å². The maximum absolute atomic E-state index is 14.0. The lowest BCUT2D eigenvalue weighted by molar-refractivity contribution is -0.0603. The molecule has 51 heavy (non-hydrogen) atoms. The van der Waals surface area contributed by atoms with Crippen molar-refractivity contribution >= 4 is 28.6 Å². The lowest BCUT2D eigenvalue weighted by Crippen LogP contribution is -2.59. The van der Waals surface area contributed by atoms with Crippen LogP contribution in [-0.4, -0.2) is 72.3 Å². The van der Waals surface area contributed by atoms with Gasteiger partial charge in [-0.1, -0.05) is 114 Å². The van der Waals surface area contributed by atoms with E-state index in [1.807, 2.05) is 60.7 Å². The van der Waals surface area contributed by atoms with Gasteiger partial charge in [0.1, 0.15) is 30.3 Å². The van der Waals surface area contributed by atoms with Crippen LogP contribution in [0.1, 0.15) is 64.7 Å². The van der Waals surface area contributed by atoms with Crippen LogP contribution in [0.25, 0.3) is 0 Å². The second-order valence-electron chi connectivity index (χ2n) is 16.7. The number of carbonyl (C=O) groups is 1. The number of hydrogen-bond donors (Lipinski definition) is 2. The van der Waals surface area contributed by atoms with Crippen molar-refractivity contribution in [2.24, 2.45) is 4.99 Å². The third kappa shape index (κ3) is 8.28. The Kier molecular flexibility index (Phi) is 11.3. The average Bonchev–Trinajstić information content (AvgIpc) is 3.47. The van der Waals surface area contributed by atoms with Gasteiger partial charge in [-0.25, -0.2) is 9.79 Å². The van der Waals surface area contributed by atoms with Crippen molar-refractivity contribution < 1.29 is 23.1 Å². The second kappa shape index (κ2) is 14.9. The van der Waals surface area contributed by atoms with Crippen LogP contribution in [0.3, 0.4) is 0 Å².